The van der Waals surface area contributed by atoms with E-state index in [4.69, 9.17) is 5.73 Å². The Kier molecular flexibility index (Phi) is 3.92. The molecule has 0 unspecified atom stereocenters. The van der Waals surface area contributed by atoms with Crippen LogP contribution in [0.15, 0.2) is 18.2 Å². The molecule has 3 rings (SSSR count). The predicted octanol–water partition coefficient (Wildman–Crippen LogP) is 1.85. The number of nitrogen functional groups attached to an aromatic ring is 1. The molecule has 1 atom stereocenters. The fourth-order valence-electron chi connectivity index (χ4n) is 3.01. The number of benzene rings is 1. The van der Waals surface area contributed by atoms with Crippen LogP contribution in [0.2, 0.25) is 0 Å². The smallest absolute Gasteiger partial charge is 0.293 e. The number of ketones is 1. The molecule has 0 bridgehead atoms. The number of anilines is 2. The Bertz CT molecular complexity index is 796. The zero-order chi connectivity index (χ0) is 17.4. The van der Waals surface area contributed by atoms with Crippen molar-refractivity contribution >= 4 is 23.1 Å². The number of aryl methyl sites for hydroxylation is 1. The molecule has 1 aliphatic rings. The third kappa shape index (κ3) is 2.68. The summed E-state index contributed by atoms with van der Waals surface area (Å²) in [5, 5.41) is 15.8. The van der Waals surface area contributed by atoms with Crippen LogP contribution in [0.5, 0.6) is 0 Å². The molecule has 2 aromatic rings. The van der Waals surface area contributed by atoms with Crippen molar-refractivity contribution in [3.05, 3.63) is 39.7 Å². The van der Waals surface area contributed by atoms with Crippen molar-refractivity contribution in [2.75, 3.05) is 17.2 Å². The van der Waals surface area contributed by atoms with Gasteiger partial charge in [0.1, 0.15) is 5.69 Å². The van der Waals surface area contributed by atoms with Crippen LogP contribution in [0.3, 0.4) is 0 Å². The van der Waals surface area contributed by atoms with Gasteiger partial charge in [0, 0.05) is 25.2 Å². The SMILES string of the molecule is CC(=O)c1ccc(N2CCC[C@@H]2c2nc(N)n(C)n2)c([N+](=O)[O-])c1. The minimum atomic E-state index is -0.461. The number of hydrogen-bond donors (Lipinski definition) is 1. The van der Waals surface area contributed by atoms with Crippen molar-refractivity contribution < 1.29 is 9.72 Å². The normalized spacial score (nSPS) is 17.2. The molecule has 0 amide bonds. The molecular weight excluding hydrogens is 312 g/mol. The number of aromatic nitrogens is 3. The van der Waals surface area contributed by atoms with E-state index in [2.05, 4.69) is 10.1 Å². The van der Waals surface area contributed by atoms with Gasteiger partial charge < -0.3 is 10.6 Å². The third-order valence-corrected chi connectivity index (χ3v) is 4.25. The van der Waals surface area contributed by atoms with Gasteiger partial charge in [0.2, 0.25) is 5.95 Å². The van der Waals surface area contributed by atoms with Gasteiger partial charge in [-0.05, 0) is 31.9 Å². The molecule has 126 valence electrons. The molecule has 1 aliphatic heterocycles. The van der Waals surface area contributed by atoms with Crippen LogP contribution in [0.25, 0.3) is 0 Å². The maximum atomic E-state index is 11.5. The van der Waals surface area contributed by atoms with Crippen LogP contribution in [0, 0.1) is 10.1 Å². The zero-order valence-corrected chi connectivity index (χ0v) is 13.5. The summed E-state index contributed by atoms with van der Waals surface area (Å²) >= 11 is 0. The molecule has 0 radical (unpaired) electrons. The number of nitrogens with two attached hydrogens (primary N) is 1. The number of nitrogens with zero attached hydrogens (tertiary/aromatic N) is 5. The van der Waals surface area contributed by atoms with Crippen molar-refractivity contribution in [3.8, 4) is 0 Å². The van der Waals surface area contributed by atoms with Crippen molar-refractivity contribution in [3.63, 3.8) is 0 Å². The molecule has 24 heavy (non-hydrogen) atoms. The monoisotopic (exact) mass is 330 g/mol. The molecule has 2 heterocycles. The van der Waals surface area contributed by atoms with Gasteiger partial charge in [-0.15, -0.1) is 0 Å². The topological polar surface area (TPSA) is 120 Å². The number of carbonyl (C=O) groups is 1. The second-order valence-corrected chi connectivity index (χ2v) is 5.82. The largest absolute Gasteiger partial charge is 0.368 e. The van der Waals surface area contributed by atoms with Crippen molar-refractivity contribution in [1.82, 2.24) is 14.8 Å². The average Bonchev–Trinajstić information content (AvgIpc) is 3.13. The van der Waals surface area contributed by atoms with E-state index in [1.165, 1.54) is 17.7 Å². The van der Waals surface area contributed by atoms with Gasteiger partial charge in [-0.1, -0.05) is 0 Å². The van der Waals surface area contributed by atoms with E-state index in [0.717, 1.165) is 12.8 Å². The van der Waals surface area contributed by atoms with Gasteiger partial charge in [-0.2, -0.15) is 10.1 Å². The molecule has 9 heteroatoms. The second-order valence-electron chi connectivity index (χ2n) is 5.82. The summed E-state index contributed by atoms with van der Waals surface area (Å²) in [6.07, 6.45) is 1.66. The number of hydrogen-bond acceptors (Lipinski definition) is 7. The molecule has 1 aromatic carbocycles. The Morgan fingerprint density at radius 1 is 1.46 bits per heavy atom. The van der Waals surface area contributed by atoms with Crippen LogP contribution in [-0.4, -0.2) is 32.0 Å². The fourth-order valence-corrected chi connectivity index (χ4v) is 3.01. The first-order valence-corrected chi connectivity index (χ1v) is 7.61. The van der Waals surface area contributed by atoms with E-state index in [1.807, 2.05) is 4.90 Å². The number of Topliss-reactive ketones (excluding diaryl/α,β-unsaturated/α-hetero) is 1. The molecule has 0 aliphatic carbocycles. The lowest BCUT2D eigenvalue weighted by molar-refractivity contribution is -0.384. The molecule has 0 spiro atoms. The van der Waals surface area contributed by atoms with Gasteiger partial charge in [0.05, 0.1) is 11.0 Å². The molecule has 9 nitrogen and oxygen atoms in total. The summed E-state index contributed by atoms with van der Waals surface area (Å²) in [5.41, 5.74) is 6.46. The fraction of sp³-hybridized carbons (Fsp3) is 0.400. The van der Waals surface area contributed by atoms with Gasteiger partial charge in [0.15, 0.2) is 11.6 Å². The van der Waals surface area contributed by atoms with Gasteiger partial charge in [0.25, 0.3) is 5.69 Å². The highest BCUT2D eigenvalue weighted by molar-refractivity contribution is 5.95. The third-order valence-electron chi connectivity index (χ3n) is 4.25. The van der Waals surface area contributed by atoms with E-state index in [1.54, 1.807) is 19.2 Å². The van der Waals surface area contributed by atoms with Crippen LogP contribution in [0.1, 0.15) is 42.0 Å². The Morgan fingerprint density at radius 3 is 2.79 bits per heavy atom. The highest BCUT2D eigenvalue weighted by Gasteiger charge is 2.33. The standard InChI is InChI=1S/C15H18N6O3/c1-9(22)10-5-6-11(13(8-10)21(23)24)20-7-3-4-12(20)14-17-15(16)19(2)18-14/h5-6,8,12H,3-4,7H2,1-2H3,(H2,16,17,18)/t12-/m1/s1. The zero-order valence-electron chi connectivity index (χ0n) is 13.5. The molecule has 0 saturated carbocycles. The molecule has 1 fully saturated rings. The molecular formula is C15H18N6O3. The van der Waals surface area contributed by atoms with Crippen LogP contribution in [-0.2, 0) is 7.05 Å². The first-order chi connectivity index (χ1) is 11.4. The van der Waals surface area contributed by atoms with Gasteiger partial charge in [-0.3, -0.25) is 14.9 Å². The van der Waals surface area contributed by atoms with Crippen LogP contribution >= 0.6 is 0 Å². The first-order valence-electron chi connectivity index (χ1n) is 7.61. The lowest BCUT2D eigenvalue weighted by Gasteiger charge is -2.24. The van der Waals surface area contributed by atoms with Crippen LogP contribution < -0.4 is 10.6 Å². The minimum Gasteiger partial charge on any atom is -0.368 e. The molecule has 1 aromatic heterocycles. The van der Waals surface area contributed by atoms with Crippen LogP contribution in [0.4, 0.5) is 17.3 Å². The number of rotatable bonds is 4. The van der Waals surface area contributed by atoms with E-state index < -0.39 is 4.92 Å². The average molecular weight is 330 g/mol. The summed E-state index contributed by atoms with van der Waals surface area (Å²) < 4.78 is 1.49. The Balaban J connectivity index is 2.03. The number of nitro benzene ring substituents is 1. The lowest BCUT2D eigenvalue weighted by Crippen LogP contribution is -2.24. The Hall–Kier alpha value is -2.97. The summed E-state index contributed by atoms with van der Waals surface area (Å²) in [6, 6.07) is 4.39. The summed E-state index contributed by atoms with van der Waals surface area (Å²) in [4.78, 5) is 28.7. The van der Waals surface area contributed by atoms with Crippen molar-refractivity contribution in [2.24, 2.45) is 7.05 Å². The summed E-state index contributed by atoms with van der Waals surface area (Å²) in [5.74, 6) is 0.650. The van der Waals surface area contributed by atoms with Crippen molar-refractivity contribution in [1.29, 1.82) is 0 Å². The maximum Gasteiger partial charge on any atom is 0.293 e. The quantitative estimate of drug-likeness (QED) is 0.516. The van der Waals surface area contributed by atoms with E-state index in [-0.39, 0.29) is 17.5 Å². The van der Waals surface area contributed by atoms with E-state index >= 15 is 0 Å². The Morgan fingerprint density at radius 2 is 2.21 bits per heavy atom. The second kappa shape index (κ2) is 5.91. The van der Waals surface area contributed by atoms with Crippen molar-refractivity contribution in [2.45, 2.75) is 25.8 Å². The summed E-state index contributed by atoms with van der Waals surface area (Å²) in [6.45, 7) is 2.04. The lowest BCUT2D eigenvalue weighted by atomic mass is 10.1. The predicted molar refractivity (Wildman–Crippen MR) is 87.8 cm³/mol. The highest BCUT2D eigenvalue weighted by atomic mass is 16.6. The first kappa shape index (κ1) is 15.9. The Labute approximate surface area is 138 Å². The van der Waals surface area contributed by atoms with E-state index in [9.17, 15) is 14.9 Å². The maximum absolute atomic E-state index is 11.5. The summed E-state index contributed by atoms with van der Waals surface area (Å²) in [7, 11) is 1.70. The number of carbonyl (C=O) groups excluding carboxylic acids is 1. The molecule has 1 saturated heterocycles. The van der Waals surface area contributed by atoms with E-state index in [0.29, 0.717) is 29.6 Å². The number of nitro groups is 1. The minimum absolute atomic E-state index is 0.0847. The van der Waals surface area contributed by atoms with Gasteiger partial charge in [-0.25, -0.2) is 4.68 Å². The van der Waals surface area contributed by atoms with Gasteiger partial charge >= 0.3 is 0 Å². The molecule has 2 N–H and O–H groups in total. The highest BCUT2D eigenvalue weighted by Crippen LogP contribution is 2.40.